The van der Waals surface area contributed by atoms with Crippen molar-refractivity contribution in [3.63, 3.8) is 0 Å². The van der Waals surface area contributed by atoms with Gasteiger partial charge in [0.25, 0.3) is 0 Å². The van der Waals surface area contributed by atoms with Gasteiger partial charge in [-0.15, -0.1) is 10.2 Å². The highest BCUT2D eigenvalue weighted by Crippen LogP contribution is 2.32. The van der Waals surface area contributed by atoms with Crippen LogP contribution in [0.2, 0.25) is 0 Å². The fraction of sp³-hybridized carbons (Fsp3) is 0.556. The molecular weight excluding hydrogens is 426 g/mol. The minimum atomic E-state index is 0.225. The molecule has 3 aliphatic heterocycles. The zero-order valence-corrected chi connectivity index (χ0v) is 20.4. The highest BCUT2D eigenvalue weighted by atomic mass is 16.5. The maximum absolute atomic E-state index is 10.7. The molecule has 0 aliphatic carbocycles. The van der Waals surface area contributed by atoms with Crippen LogP contribution in [-0.2, 0) is 4.74 Å². The van der Waals surface area contributed by atoms with E-state index in [9.17, 15) is 5.11 Å². The van der Waals surface area contributed by atoms with E-state index in [2.05, 4.69) is 51.4 Å². The van der Waals surface area contributed by atoms with Crippen LogP contribution in [0, 0.1) is 0 Å². The SMILES string of the molecule is CC(/C=C/c1ccc(-c2ccc(N(C)C3CC4CCCC(C3)N4)nn2)c(O)c1)N1CCOCC1. The number of nitrogens with one attached hydrogen (secondary N) is 1. The van der Waals surface area contributed by atoms with E-state index < -0.39 is 0 Å². The number of ether oxygens (including phenoxy) is 1. The third-order valence-corrected chi connectivity index (χ3v) is 7.74. The molecule has 2 aromatic rings. The summed E-state index contributed by atoms with van der Waals surface area (Å²) in [5.74, 6) is 1.12. The Balaban J connectivity index is 1.23. The van der Waals surface area contributed by atoms with Gasteiger partial charge in [0.05, 0.1) is 18.9 Å². The normalized spacial score (nSPS) is 26.5. The first-order chi connectivity index (χ1) is 16.6. The van der Waals surface area contributed by atoms with Crippen LogP contribution in [-0.4, -0.2) is 77.7 Å². The number of morpholine rings is 1. The maximum atomic E-state index is 10.7. The second kappa shape index (κ2) is 10.4. The lowest BCUT2D eigenvalue weighted by Crippen LogP contribution is -2.54. The van der Waals surface area contributed by atoms with Gasteiger partial charge >= 0.3 is 0 Å². The molecule has 5 rings (SSSR count). The lowest BCUT2D eigenvalue weighted by atomic mass is 9.83. The first-order valence-corrected chi connectivity index (χ1v) is 12.7. The van der Waals surface area contributed by atoms with E-state index in [1.54, 1.807) is 6.07 Å². The number of benzene rings is 1. The van der Waals surface area contributed by atoms with Gasteiger partial charge in [0.15, 0.2) is 5.82 Å². The molecule has 182 valence electrons. The first kappa shape index (κ1) is 23.3. The molecule has 3 saturated heterocycles. The summed E-state index contributed by atoms with van der Waals surface area (Å²) in [6.07, 6.45) is 10.5. The predicted octanol–water partition coefficient (Wildman–Crippen LogP) is 3.69. The molecule has 0 amide bonds. The molecule has 3 unspecified atom stereocenters. The maximum Gasteiger partial charge on any atom is 0.151 e. The Labute approximate surface area is 202 Å². The highest BCUT2D eigenvalue weighted by Gasteiger charge is 2.33. The standard InChI is InChI=1S/C27H37N5O2/c1-19(32-12-14-34-15-13-32)6-7-20-8-9-24(26(33)16-20)25-10-11-27(30-29-25)31(2)23-17-21-4-3-5-22(18-23)28-21/h6-11,16,19,21-23,28,33H,3-5,12-15,17-18H2,1-2H3/b7-6+. The molecule has 34 heavy (non-hydrogen) atoms. The van der Waals surface area contributed by atoms with Crippen molar-refractivity contribution in [2.75, 3.05) is 38.3 Å². The Bertz CT molecular complexity index is 977. The van der Waals surface area contributed by atoms with Gasteiger partial charge in [-0.05, 0) is 62.4 Å². The first-order valence-electron chi connectivity index (χ1n) is 12.7. The fourth-order valence-electron chi connectivity index (χ4n) is 5.62. The van der Waals surface area contributed by atoms with Crippen molar-refractivity contribution in [3.05, 3.63) is 42.0 Å². The van der Waals surface area contributed by atoms with Crippen LogP contribution in [0.1, 0.15) is 44.6 Å². The molecule has 7 heteroatoms. The van der Waals surface area contributed by atoms with Crippen molar-refractivity contribution in [2.45, 2.75) is 63.2 Å². The number of hydrogen-bond donors (Lipinski definition) is 2. The minimum Gasteiger partial charge on any atom is -0.507 e. The van der Waals surface area contributed by atoms with Crippen LogP contribution in [0.4, 0.5) is 5.82 Å². The van der Waals surface area contributed by atoms with Gasteiger partial charge in [0, 0.05) is 49.9 Å². The van der Waals surface area contributed by atoms with E-state index in [0.717, 1.165) is 50.5 Å². The number of phenolic OH excluding ortho intramolecular Hbond substituents is 1. The van der Waals surface area contributed by atoms with Crippen molar-refractivity contribution < 1.29 is 9.84 Å². The predicted molar refractivity (Wildman–Crippen MR) is 136 cm³/mol. The Morgan fingerprint density at radius 3 is 2.56 bits per heavy atom. The summed E-state index contributed by atoms with van der Waals surface area (Å²) in [5.41, 5.74) is 2.37. The summed E-state index contributed by atoms with van der Waals surface area (Å²) in [5, 5.41) is 23.4. The van der Waals surface area contributed by atoms with E-state index in [0.29, 0.717) is 35.4 Å². The van der Waals surface area contributed by atoms with Gasteiger partial charge in [-0.25, -0.2) is 0 Å². The topological polar surface area (TPSA) is 73.8 Å². The van der Waals surface area contributed by atoms with Gasteiger partial charge in [0.2, 0.25) is 0 Å². The third kappa shape index (κ3) is 5.27. The molecule has 2 bridgehead atoms. The molecule has 0 radical (unpaired) electrons. The number of piperidine rings is 2. The second-order valence-corrected chi connectivity index (χ2v) is 10.0. The van der Waals surface area contributed by atoms with E-state index in [-0.39, 0.29) is 5.75 Å². The highest BCUT2D eigenvalue weighted by molar-refractivity contribution is 5.70. The summed E-state index contributed by atoms with van der Waals surface area (Å²) in [4.78, 5) is 4.69. The lowest BCUT2D eigenvalue weighted by Gasteiger charge is -2.43. The van der Waals surface area contributed by atoms with Crippen LogP contribution in [0.25, 0.3) is 17.3 Å². The average molecular weight is 464 g/mol. The van der Waals surface area contributed by atoms with Crippen molar-refractivity contribution >= 4 is 11.9 Å². The summed E-state index contributed by atoms with van der Waals surface area (Å²) in [6.45, 7) is 5.70. The van der Waals surface area contributed by atoms with Crippen LogP contribution in [0.15, 0.2) is 36.4 Å². The summed E-state index contributed by atoms with van der Waals surface area (Å²) in [6, 6.07) is 11.8. The van der Waals surface area contributed by atoms with Crippen molar-refractivity contribution in [1.29, 1.82) is 0 Å². The van der Waals surface area contributed by atoms with Crippen molar-refractivity contribution in [1.82, 2.24) is 20.4 Å². The number of hydrogen-bond acceptors (Lipinski definition) is 7. The van der Waals surface area contributed by atoms with Gasteiger partial charge in [-0.1, -0.05) is 24.6 Å². The van der Waals surface area contributed by atoms with E-state index in [1.165, 1.54) is 19.3 Å². The molecule has 1 aromatic carbocycles. The monoisotopic (exact) mass is 463 g/mol. The van der Waals surface area contributed by atoms with Gasteiger partial charge in [-0.2, -0.15) is 0 Å². The largest absolute Gasteiger partial charge is 0.507 e. The molecule has 2 N–H and O–H groups in total. The van der Waals surface area contributed by atoms with Gasteiger partial charge in [0.1, 0.15) is 5.75 Å². The van der Waals surface area contributed by atoms with Crippen LogP contribution in [0.3, 0.4) is 0 Å². The summed E-state index contributed by atoms with van der Waals surface area (Å²) in [7, 11) is 2.13. The quantitative estimate of drug-likeness (QED) is 0.677. The van der Waals surface area contributed by atoms with Gasteiger partial charge in [-0.3, -0.25) is 4.90 Å². The van der Waals surface area contributed by atoms with Crippen LogP contribution < -0.4 is 10.2 Å². The zero-order valence-electron chi connectivity index (χ0n) is 20.4. The second-order valence-electron chi connectivity index (χ2n) is 10.0. The number of aromatic hydroxyl groups is 1. The zero-order chi connectivity index (χ0) is 23.5. The fourth-order valence-corrected chi connectivity index (χ4v) is 5.62. The Morgan fingerprint density at radius 1 is 1.12 bits per heavy atom. The third-order valence-electron chi connectivity index (χ3n) is 7.74. The van der Waals surface area contributed by atoms with Crippen molar-refractivity contribution in [3.8, 4) is 17.0 Å². The number of aromatic nitrogens is 2. The molecule has 3 fully saturated rings. The minimum absolute atomic E-state index is 0.225. The number of anilines is 1. The smallest absolute Gasteiger partial charge is 0.151 e. The molecule has 1 aromatic heterocycles. The molecule has 3 aliphatic rings. The Hall–Kier alpha value is -2.48. The molecular formula is C27H37N5O2. The Kier molecular flexibility index (Phi) is 7.13. The summed E-state index contributed by atoms with van der Waals surface area (Å²) >= 11 is 0. The number of rotatable bonds is 6. The van der Waals surface area contributed by atoms with E-state index in [4.69, 9.17) is 4.74 Å². The van der Waals surface area contributed by atoms with Gasteiger partial charge < -0.3 is 20.1 Å². The lowest BCUT2D eigenvalue weighted by molar-refractivity contribution is 0.0288. The molecule has 0 saturated carbocycles. The molecule has 3 atom stereocenters. The Morgan fingerprint density at radius 2 is 1.88 bits per heavy atom. The average Bonchev–Trinajstić information content (AvgIpc) is 2.87. The van der Waals surface area contributed by atoms with E-state index >= 15 is 0 Å². The van der Waals surface area contributed by atoms with Crippen LogP contribution in [0.5, 0.6) is 5.75 Å². The molecule has 0 spiro atoms. The summed E-state index contributed by atoms with van der Waals surface area (Å²) < 4.78 is 5.44. The number of nitrogens with zero attached hydrogens (tertiary/aromatic N) is 4. The van der Waals surface area contributed by atoms with E-state index in [1.807, 2.05) is 24.3 Å². The molecule has 7 nitrogen and oxygen atoms in total. The number of phenols is 1. The molecule has 4 heterocycles. The van der Waals surface area contributed by atoms with Crippen LogP contribution >= 0.6 is 0 Å². The van der Waals surface area contributed by atoms with Crippen molar-refractivity contribution in [2.24, 2.45) is 0 Å². The number of fused-ring (bicyclic) bond motifs is 2.